The van der Waals surface area contributed by atoms with Crippen molar-refractivity contribution in [2.24, 2.45) is 11.3 Å². The van der Waals surface area contributed by atoms with E-state index in [9.17, 15) is 4.79 Å². The number of amides is 1. The number of alkyl halides is 2. The summed E-state index contributed by atoms with van der Waals surface area (Å²) in [4.78, 5) is 17.5. The van der Waals surface area contributed by atoms with E-state index in [-0.39, 0.29) is 30.3 Å². The molecule has 1 aromatic rings. The van der Waals surface area contributed by atoms with Crippen molar-refractivity contribution in [3.05, 3.63) is 35.4 Å². The Morgan fingerprint density at radius 1 is 1.00 bits per heavy atom. The summed E-state index contributed by atoms with van der Waals surface area (Å²) in [6, 6.07) is 8.65. The summed E-state index contributed by atoms with van der Waals surface area (Å²) in [5.41, 5.74) is 3.01. The molecular formula is C30H44F2N2O2. The monoisotopic (exact) mass is 502 g/mol. The van der Waals surface area contributed by atoms with E-state index in [1.807, 2.05) is 4.90 Å². The van der Waals surface area contributed by atoms with Gasteiger partial charge in [-0.2, -0.15) is 0 Å². The highest BCUT2D eigenvalue weighted by atomic mass is 19.3. The molecule has 0 unspecified atom stereocenters. The van der Waals surface area contributed by atoms with Crippen LogP contribution in [-0.2, 0) is 14.9 Å². The maximum Gasteiger partial charge on any atom is 0.253 e. The van der Waals surface area contributed by atoms with Crippen molar-refractivity contribution in [2.75, 3.05) is 32.7 Å². The topological polar surface area (TPSA) is 32.8 Å². The highest BCUT2D eigenvalue weighted by Gasteiger charge is 2.50. The lowest BCUT2D eigenvalue weighted by Crippen LogP contribution is -2.49. The van der Waals surface area contributed by atoms with Crippen LogP contribution in [-0.4, -0.2) is 66.6 Å². The molecule has 3 atom stereocenters. The van der Waals surface area contributed by atoms with Gasteiger partial charge in [-0.05, 0) is 68.3 Å². The van der Waals surface area contributed by atoms with E-state index in [0.717, 1.165) is 38.9 Å². The van der Waals surface area contributed by atoms with Gasteiger partial charge in [0.2, 0.25) is 5.91 Å². The fourth-order valence-electron chi connectivity index (χ4n) is 6.66. The molecule has 0 bridgehead atoms. The van der Waals surface area contributed by atoms with Crippen LogP contribution in [0.3, 0.4) is 0 Å². The van der Waals surface area contributed by atoms with E-state index >= 15 is 8.78 Å². The summed E-state index contributed by atoms with van der Waals surface area (Å²) < 4.78 is 36.6. The maximum atomic E-state index is 15.1. The third-order valence-electron chi connectivity index (χ3n) is 9.66. The number of benzene rings is 1. The smallest absolute Gasteiger partial charge is 0.253 e. The number of hydrogen-bond acceptors (Lipinski definition) is 3. The predicted molar refractivity (Wildman–Crippen MR) is 138 cm³/mol. The quantitative estimate of drug-likeness (QED) is 0.461. The summed E-state index contributed by atoms with van der Waals surface area (Å²) in [5.74, 6) is -3.99. The van der Waals surface area contributed by atoms with E-state index in [1.165, 1.54) is 24.0 Å². The molecule has 2 aliphatic heterocycles. The molecule has 2 aliphatic carbocycles. The third kappa shape index (κ3) is 5.80. The highest BCUT2D eigenvalue weighted by molar-refractivity contribution is 5.76. The molecule has 4 fully saturated rings. The van der Waals surface area contributed by atoms with Crippen LogP contribution in [0.4, 0.5) is 8.78 Å². The highest BCUT2D eigenvalue weighted by Crippen LogP contribution is 2.47. The largest absolute Gasteiger partial charge is 0.373 e. The number of carbonyl (C=O) groups is 1. The number of rotatable bonds is 7. The number of aryl methyl sites for hydroxylation is 1. The van der Waals surface area contributed by atoms with Crippen LogP contribution >= 0.6 is 0 Å². The minimum absolute atomic E-state index is 0.00838. The summed E-state index contributed by atoms with van der Waals surface area (Å²) in [6.45, 7) is 10.8. The van der Waals surface area contributed by atoms with E-state index in [1.54, 1.807) is 0 Å². The fraction of sp³-hybridized carbons (Fsp3) is 0.767. The molecule has 36 heavy (non-hydrogen) atoms. The molecule has 0 N–H and O–H groups in total. The first-order chi connectivity index (χ1) is 17.1. The molecule has 5 rings (SSSR count). The molecule has 0 spiro atoms. The van der Waals surface area contributed by atoms with Crippen LogP contribution in [0.5, 0.6) is 0 Å². The van der Waals surface area contributed by atoms with Gasteiger partial charge in [0, 0.05) is 45.6 Å². The first kappa shape index (κ1) is 26.1. The zero-order valence-electron chi connectivity index (χ0n) is 22.4. The molecule has 1 amide bonds. The van der Waals surface area contributed by atoms with Crippen LogP contribution in [0.25, 0.3) is 0 Å². The second kappa shape index (κ2) is 9.98. The van der Waals surface area contributed by atoms with Crippen molar-refractivity contribution in [3.8, 4) is 0 Å². The van der Waals surface area contributed by atoms with E-state index in [4.69, 9.17) is 4.74 Å². The van der Waals surface area contributed by atoms with Gasteiger partial charge in [0.25, 0.3) is 5.92 Å². The molecule has 200 valence electrons. The molecule has 2 heterocycles. The molecule has 4 aliphatic rings. The Morgan fingerprint density at radius 2 is 1.69 bits per heavy atom. The Bertz CT molecular complexity index is 921. The van der Waals surface area contributed by atoms with Crippen LogP contribution in [0, 0.1) is 18.3 Å². The maximum absolute atomic E-state index is 15.1. The van der Waals surface area contributed by atoms with Crippen molar-refractivity contribution >= 4 is 5.91 Å². The Hall–Kier alpha value is -1.53. The number of hydrogen-bond donors (Lipinski definition) is 0. The minimum atomic E-state index is -2.84. The van der Waals surface area contributed by atoms with Crippen molar-refractivity contribution in [1.29, 1.82) is 0 Å². The summed E-state index contributed by atoms with van der Waals surface area (Å²) in [7, 11) is 0. The second-order valence-electron chi connectivity index (χ2n) is 12.9. The van der Waals surface area contributed by atoms with E-state index < -0.39 is 17.9 Å². The SMILES string of the molecule is Cc1ccc(C2(C)CCN(C(=O)C[C@@H]3[C@@H](O[C@H]4CCN(CC5(C)CC5)C4)CCCC3(F)F)CC2)cc1. The number of ether oxygens (including phenoxy) is 1. The zero-order chi connectivity index (χ0) is 25.6. The molecule has 6 heteroatoms. The molecular weight excluding hydrogens is 458 g/mol. The Labute approximate surface area is 215 Å². The first-order valence-corrected chi connectivity index (χ1v) is 14.2. The Morgan fingerprint density at radius 3 is 2.36 bits per heavy atom. The van der Waals surface area contributed by atoms with Gasteiger partial charge in [0.1, 0.15) is 0 Å². The van der Waals surface area contributed by atoms with Gasteiger partial charge in [-0.1, -0.05) is 43.7 Å². The van der Waals surface area contributed by atoms with Gasteiger partial charge in [0.05, 0.1) is 18.1 Å². The zero-order valence-corrected chi connectivity index (χ0v) is 22.4. The average Bonchev–Trinajstić information content (AvgIpc) is 3.40. The van der Waals surface area contributed by atoms with Crippen molar-refractivity contribution in [2.45, 2.75) is 102 Å². The second-order valence-corrected chi connectivity index (χ2v) is 12.9. The Kier molecular flexibility index (Phi) is 7.23. The lowest BCUT2D eigenvalue weighted by atomic mass is 9.74. The van der Waals surface area contributed by atoms with Gasteiger partial charge in [0.15, 0.2) is 0 Å². The van der Waals surface area contributed by atoms with Crippen molar-refractivity contribution < 1.29 is 18.3 Å². The summed E-state index contributed by atoms with van der Waals surface area (Å²) >= 11 is 0. The standard InChI is InChI=1S/C30H44F2N2O2/c1-22-6-8-23(9-7-22)29(3)14-17-34(18-15-29)27(35)19-25-26(5-4-11-30(25,31)32)36-24-10-16-33(20-24)21-28(2)12-13-28/h6-9,24-26H,4-5,10-21H2,1-3H3/t24-,25+,26-/m0/s1. The molecule has 0 radical (unpaired) electrons. The predicted octanol–water partition coefficient (Wildman–Crippen LogP) is 5.96. The van der Waals surface area contributed by atoms with Gasteiger partial charge >= 0.3 is 0 Å². The third-order valence-corrected chi connectivity index (χ3v) is 9.66. The molecule has 0 aromatic heterocycles. The van der Waals surface area contributed by atoms with Gasteiger partial charge in [-0.25, -0.2) is 8.78 Å². The average molecular weight is 503 g/mol. The normalized spacial score (nSPS) is 31.4. The number of likely N-dealkylation sites (tertiary alicyclic amines) is 2. The number of carbonyl (C=O) groups excluding carboxylic acids is 1. The summed E-state index contributed by atoms with van der Waals surface area (Å²) in [5, 5.41) is 0. The number of halogens is 2. The number of nitrogens with zero attached hydrogens (tertiary/aromatic N) is 2. The van der Waals surface area contributed by atoms with Crippen LogP contribution < -0.4 is 0 Å². The lowest BCUT2D eigenvalue weighted by Gasteiger charge is -2.42. The van der Waals surface area contributed by atoms with Crippen molar-refractivity contribution in [3.63, 3.8) is 0 Å². The number of piperidine rings is 1. The van der Waals surface area contributed by atoms with Gasteiger partial charge < -0.3 is 14.5 Å². The molecule has 2 saturated heterocycles. The summed E-state index contributed by atoms with van der Waals surface area (Å²) in [6.07, 6.45) is 5.54. The lowest BCUT2D eigenvalue weighted by molar-refractivity contribution is -0.174. The van der Waals surface area contributed by atoms with Gasteiger partial charge in [-0.3, -0.25) is 4.79 Å². The molecule has 2 saturated carbocycles. The van der Waals surface area contributed by atoms with Crippen LogP contribution in [0.1, 0.15) is 82.8 Å². The van der Waals surface area contributed by atoms with Crippen LogP contribution in [0.15, 0.2) is 24.3 Å². The first-order valence-electron chi connectivity index (χ1n) is 14.2. The minimum Gasteiger partial charge on any atom is -0.373 e. The Balaban J connectivity index is 1.17. The van der Waals surface area contributed by atoms with Gasteiger partial charge in [-0.15, -0.1) is 0 Å². The van der Waals surface area contributed by atoms with E-state index in [0.29, 0.717) is 31.3 Å². The fourth-order valence-corrected chi connectivity index (χ4v) is 6.66. The molecule has 1 aromatic carbocycles. The molecule has 4 nitrogen and oxygen atoms in total. The van der Waals surface area contributed by atoms with E-state index in [2.05, 4.69) is 49.9 Å². The van der Waals surface area contributed by atoms with Crippen molar-refractivity contribution in [1.82, 2.24) is 9.80 Å². The van der Waals surface area contributed by atoms with Crippen LogP contribution in [0.2, 0.25) is 0 Å².